The van der Waals surface area contributed by atoms with Gasteiger partial charge in [-0.05, 0) is 53.9 Å². The largest absolute Gasteiger partial charge is 0.493 e. The van der Waals surface area contributed by atoms with Crippen LogP contribution in [0.5, 0.6) is 17.2 Å². The number of carbonyl (C=O) groups is 1. The molecule has 0 saturated carbocycles. The quantitative estimate of drug-likeness (QED) is 0.398. The van der Waals surface area contributed by atoms with E-state index in [1.165, 1.54) is 12.1 Å². The number of non-ortho nitro benzene ring substituents is 1. The van der Waals surface area contributed by atoms with E-state index in [1.54, 1.807) is 31.3 Å². The van der Waals surface area contributed by atoms with Gasteiger partial charge >= 0.3 is 6.03 Å². The van der Waals surface area contributed by atoms with Gasteiger partial charge in [-0.3, -0.25) is 10.1 Å². The summed E-state index contributed by atoms with van der Waals surface area (Å²) >= 11 is 0. The molecule has 1 aliphatic rings. The van der Waals surface area contributed by atoms with Crippen molar-refractivity contribution in [1.82, 2.24) is 4.90 Å². The summed E-state index contributed by atoms with van der Waals surface area (Å²) in [4.78, 5) is 25.4. The molecule has 3 aromatic rings. The number of urea groups is 1. The smallest absolute Gasteiger partial charge is 0.322 e. The minimum atomic E-state index is -0.462. The maximum Gasteiger partial charge on any atom is 0.322 e. The molecule has 0 aromatic heterocycles. The number of benzene rings is 3. The zero-order chi connectivity index (χ0) is 24.1. The summed E-state index contributed by atoms with van der Waals surface area (Å²) in [5.74, 6) is 1.66. The number of nitro groups is 1. The molecule has 3 aromatic carbocycles. The number of fused-ring (bicyclic) bond motifs is 1. The molecule has 9 nitrogen and oxygen atoms in total. The predicted molar refractivity (Wildman–Crippen MR) is 127 cm³/mol. The van der Waals surface area contributed by atoms with Crippen molar-refractivity contribution in [3.63, 3.8) is 0 Å². The van der Waals surface area contributed by atoms with Gasteiger partial charge in [0.15, 0.2) is 11.5 Å². The maximum absolute atomic E-state index is 13.2. The second-order valence-electron chi connectivity index (χ2n) is 7.72. The number of ether oxygens (including phenoxy) is 3. The minimum Gasteiger partial charge on any atom is -0.493 e. The van der Waals surface area contributed by atoms with Gasteiger partial charge in [-0.15, -0.1) is 0 Å². The first kappa shape index (κ1) is 22.9. The van der Waals surface area contributed by atoms with Crippen LogP contribution in [0.15, 0.2) is 66.7 Å². The van der Waals surface area contributed by atoms with Crippen molar-refractivity contribution < 1.29 is 23.9 Å². The molecule has 1 N–H and O–H groups in total. The lowest BCUT2D eigenvalue weighted by atomic mass is 9.92. The van der Waals surface area contributed by atoms with Gasteiger partial charge in [0.1, 0.15) is 12.4 Å². The van der Waals surface area contributed by atoms with Crippen LogP contribution in [0.1, 0.15) is 17.2 Å². The van der Waals surface area contributed by atoms with Crippen LogP contribution in [0.4, 0.5) is 16.2 Å². The summed E-state index contributed by atoms with van der Waals surface area (Å²) in [6.45, 7) is 0.637. The third-order valence-electron chi connectivity index (χ3n) is 5.74. The number of amides is 2. The standard InChI is InChI=1S/C25H25N3O6/c1-32-23-14-17-12-13-27(25(29)26-18-6-4-3-5-7-18)22(21(17)15-24(23)33-2)16-34-20-10-8-19(9-11-20)28(30)31/h3-11,14-15,22H,12-13,16H2,1-2H3,(H,26,29)/t22-/m0/s1. The maximum atomic E-state index is 13.2. The third-order valence-corrected chi connectivity index (χ3v) is 5.74. The van der Waals surface area contributed by atoms with Crippen molar-refractivity contribution in [2.45, 2.75) is 12.5 Å². The second-order valence-corrected chi connectivity index (χ2v) is 7.72. The molecule has 0 bridgehead atoms. The Kier molecular flexibility index (Phi) is 6.82. The van der Waals surface area contributed by atoms with Crippen LogP contribution in [0.25, 0.3) is 0 Å². The van der Waals surface area contributed by atoms with Crippen LogP contribution in [-0.4, -0.2) is 43.2 Å². The SMILES string of the molecule is COc1cc2c(cc1OC)[C@H](COc1ccc([N+](=O)[O-])cc1)N(C(=O)Nc1ccccc1)CC2. The lowest BCUT2D eigenvalue weighted by Crippen LogP contribution is -2.44. The average Bonchev–Trinajstić information content (AvgIpc) is 2.87. The van der Waals surface area contributed by atoms with Crippen LogP contribution >= 0.6 is 0 Å². The van der Waals surface area contributed by atoms with E-state index in [9.17, 15) is 14.9 Å². The van der Waals surface area contributed by atoms with Gasteiger partial charge in [-0.25, -0.2) is 4.79 Å². The van der Waals surface area contributed by atoms with Gasteiger partial charge in [0.2, 0.25) is 0 Å². The van der Waals surface area contributed by atoms with Crippen LogP contribution in [-0.2, 0) is 6.42 Å². The molecule has 0 saturated heterocycles. The van der Waals surface area contributed by atoms with Crippen molar-refractivity contribution >= 4 is 17.4 Å². The summed E-state index contributed by atoms with van der Waals surface area (Å²) < 4.78 is 16.9. The van der Waals surface area contributed by atoms with Crippen molar-refractivity contribution in [2.75, 3.05) is 32.7 Å². The highest BCUT2D eigenvalue weighted by Gasteiger charge is 2.33. The lowest BCUT2D eigenvalue weighted by Gasteiger charge is -2.37. The van der Waals surface area contributed by atoms with Gasteiger partial charge in [0.05, 0.1) is 25.2 Å². The van der Waals surface area contributed by atoms with E-state index in [-0.39, 0.29) is 18.3 Å². The monoisotopic (exact) mass is 463 g/mol. The Labute approximate surface area is 197 Å². The van der Waals surface area contributed by atoms with E-state index in [4.69, 9.17) is 14.2 Å². The summed E-state index contributed by atoms with van der Waals surface area (Å²) in [5, 5.41) is 13.9. The highest BCUT2D eigenvalue weighted by molar-refractivity contribution is 5.89. The predicted octanol–water partition coefficient (Wildman–Crippen LogP) is 4.82. The fourth-order valence-electron chi connectivity index (χ4n) is 4.01. The second kappa shape index (κ2) is 10.1. The van der Waals surface area contributed by atoms with Gasteiger partial charge in [0.25, 0.3) is 5.69 Å². The molecule has 176 valence electrons. The number of methoxy groups -OCH3 is 2. The summed E-state index contributed by atoms with van der Waals surface area (Å²) in [6.07, 6.45) is 0.645. The number of nitro benzene ring substituents is 1. The third kappa shape index (κ3) is 4.88. The van der Waals surface area contributed by atoms with E-state index < -0.39 is 11.0 Å². The molecule has 1 heterocycles. The average molecular weight is 463 g/mol. The Morgan fingerprint density at radius 2 is 1.74 bits per heavy atom. The molecule has 34 heavy (non-hydrogen) atoms. The molecule has 1 atom stereocenters. The molecular formula is C25H25N3O6. The fraction of sp³-hybridized carbons (Fsp3) is 0.240. The zero-order valence-corrected chi connectivity index (χ0v) is 18.9. The number of hydrogen-bond donors (Lipinski definition) is 1. The summed E-state index contributed by atoms with van der Waals surface area (Å²) in [6, 6.07) is 18.3. The van der Waals surface area contributed by atoms with Gasteiger partial charge in [-0.1, -0.05) is 18.2 Å². The first-order chi connectivity index (χ1) is 16.5. The highest BCUT2D eigenvalue weighted by atomic mass is 16.6. The van der Waals surface area contributed by atoms with E-state index in [0.717, 1.165) is 11.1 Å². The molecule has 0 fully saturated rings. The molecule has 1 aliphatic heterocycles. The number of rotatable bonds is 7. The molecule has 9 heteroatoms. The first-order valence-electron chi connectivity index (χ1n) is 10.7. The first-order valence-corrected chi connectivity index (χ1v) is 10.7. The summed E-state index contributed by atoms with van der Waals surface area (Å²) in [7, 11) is 3.15. The minimum absolute atomic E-state index is 0.0175. The van der Waals surface area contributed by atoms with Crippen LogP contribution in [0.2, 0.25) is 0 Å². The van der Waals surface area contributed by atoms with Crippen molar-refractivity contribution in [3.8, 4) is 17.2 Å². The van der Waals surface area contributed by atoms with Crippen LogP contribution in [0.3, 0.4) is 0 Å². The number of para-hydroxylation sites is 1. The Balaban J connectivity index is 1.63. The van der Waals surface area contributed by atoms with Gasteiger partial charge < -0.3 is 24.4 Å². The van der Waals surface area contributed by atoms with Gasteiger partial charge in [0, 0.05) is 24.4 Å². The molecule has 4 rings (SSSR count). The Hall–Kier alpha value is -4.27. The van der Waals surface area contributed by atoms with E-state index in [1.807, 2.05) is 42.5 Å². The lowest BCUT2D eigenvalue weighted by molar-refractivity contribution is -0.384. The number of nitrogens with zero attached hydrogens (tertiary/aromatic N) is 2. The van der Waals surface area contributed by atoms with Crippen LogP contribution < -0.4 is 19.5 Å². The van der Waals surface area contributed by atoms with Crippen molar-refractivity contribution in [2.24, 2.45) is 0 Å². The number of carbonyl (C=O) groups excluding carboxylic acids is 1. The molecule has 0 radical (unpaired) electrons. The normalized spacial score (nSPS) is 14.6. The molecule has 0 aliphatic carbocycles. The fourth-order valence-corrected chi connectivity index (χ4v) is 4.01. The Morgan fingerprint density at radius 3 is 2.38 bits per heavy atom. The number of hydrogen-bond acceptors (Lipinski definition) is 6. The van der Waals surface area contributed by atoms with E-state index in [0.29, 0.717) is 35.9 Å². The Bertz CT molecular complexity index is 1170. The van der Waals surface area contributed by atoms with Crippen molar-refractivity contribution in [1.29, 1.82) is 0 Å². The van der Waals surface area contributed by atoms with E-state index >= 15 is 0 Å². The molecule has 0 spiro atoms. The van der Waals surface area contributed by atoms with E-state index in [2.05, 4.69) is 5.32 Å². The molecular weight excluding hydrogens is 438 g/mol. The van der Waals surface area contributed by atoms with Crippen molar-refractivity contribution in [3.05, 3.63) is 88.0 Å². The number of nitrogens with one attached hydrogen (secondary N) is 1. The number of anilines is 1. The Morgan fingerprint density at radius 1 is 1.06 bits per heavy atom. The topological polar surface area (TPSA) is 103 Å². The zero-order valence-electron chi connectivity index (χ0n) is 18.9. The van der Waals surface area contributed by atoms with Crippen LogP contribution in [0, 0.1) is 10.1 Å². The molecule has 0 unspecified atom stereocenters. The summed E-state index contributed by atoms with van der Waals surface area (Å²) in [5.41, 5.74) is 2.62. The van der Waals surface area contributed by atoms with Gasteiger partial charge in [-0.2, -0.15) is 0 Å². The highest BCUT2D eigenvalue weighted by Crippen LogP contribution is 2.38. The molecule has 2 amide bonds.